The fraction of sp³-hybridized carbons (Fsp3) is 0.462. The Bertz CT molecular complexity index is 1300. The standard InChI is InChI=1S/C26H30F3N7O2/c27-26(28,29)20-12-32-25(33-13-20)34-9-5-21(6-10-34)31-14-23(37)36-7-3-17(16-36)15-35-8-4-18-1-2-19(24(30)38)11-22(18)35/h1-2,4,8,11-13,17,21,31H,3,5-7,9-10,14-16H2,(H2,30,38). The van der Waals surface area contributed by atoms with Crippen molar-refractivity contribution in [3.8, 4) is 0 Å². The lowest BCUT2D eigenvalue weighted by molar-refractivity contribution is -0.138. The monoisotopic (exact) mass is 529 g/mol. The first kappa shape index (κ1) is 26.0. The van der Waals surface area contributed by atoms with E-state index in [0.29, 0.717) is 37.7 Å². The SMILES string of the molecule is NC(=O)c1ccc2ccn(CC3CCN(C(=O)CNC4CCN(c5ncc(C(F)(F)F)cn5)CC4)C3)c2c1. The van der Waals surface area contributed by atoms with Crippen LogP contribution in [-0.4, -0.2) is 70.0 Å². The average molecular weight is 530 g/mol. The van der Waals surface area contributed by atoms with Gasteiger partial charge >= 0.3 is 6.18 Å². The summed E-state index contributed by atoms with van der Waals surface area (Å²) in [6.07, 6.45) is 1.57. The molecule has 0 radical (unpaired) electrons. The Hall–Kier alpha value is -3.67. The van der Waals surface area contributed by atoms with E-state index in [1.54, 1.807) is 6.07 Å². The molecule has 1 atom stereocenters. The predicted molar refractivity (Wildman–Crippen MR) is 135 cm³/mol. The van der Waals surface area contributed by atoms with Crippen molar-refractivity contribution < 1.29 is 22.8 Å². The Kier molecular flexibility index (Phi) is 7.24. The first-order chi connectivity index (χ1) is 18.2. The number of hydrogen-bond acceptors (Lipinski definition) is 6. The first-order valence-electron chi connectivity index (χ1n) is 12.7. The van der Waals surface area contributed by atoms with Crippen LogP contribution in [0.15, 0.2) is 42.9 Å². The van der Waals surface area contributed by atoms with Crippen LogP contribution in [0.1, 0.15) is 35.2 Å². The number of nitrogens with two attached hydrogens (primary N) is 1. The molecule has 2 amide bonds. The molecule has 1 aromatic carbocycles. The van der Waals surface area contributed by atoms with Gasteiger partial charge in [0.25, 0.3) is 0 Å². The van der Waals surface area contributed by atoms with Gasteiger partial charge in [-0.1, -0.05) is 6.07 Å². The number of nitrogens with zero attached hydrogens (tertiary/aromatic N) is 5. The smallest absolute Gasteiger partial charge is 0.366 e. The van der Waals surface area contributed by atoms with Crippen LogP contribution in [0.4, 0.5) is 19.1 Å². The number of nitrogens with one attached hydrogen (secondary N) is 1. The molecule has 2 aliphatic rings. The molecule has 202 valence electrons. The van der Waals surface area contributed by atoms with Gasteiger partial charge in [-0.3, -0.25) is 9.59 Å². The summed E-state index contributed by atoms with van der Waals surface area (Å²) >= 11 is 0. The predicted octanol–water partition coefficient (Wildman–Crippen LogP) is 2.66. The molecule has 1 unspecified atom stereocenters. The Labute approximate surface area is 217 Å². The second-order valence-corrected chi connectivity index (χ2v) is 10.0. The van der Waals surface area contributed by atoms with Gasteiger partial charge in [0.1, 0.15) is 0 Å². The lowest BCUT2D eigenvalue weighted by Crippen LogP contribution is -2.46. The molecule has 2 aromatic heterocycles. The molecule has 12 heteroatoms. The molecule has 3 N–H and O–H groups in total. The van der Waals surface area contributed by atoms with E-state index in [9.17, 15) is 22.8 Å². The van der Waals surface area contributed by atoms with Gasteiger partial charge in [-0.25, -0.2) is 9.97 Å². The number of alkyl halides is 3. The number of rotatable bonds is 7. The minimum atomic E-state index is -4.45. The highest BCUT2D eigenvalue weighted by atomic mass is 19.4. The number of anilines is 1. The molecular formula is C26H30F3N7O2. The Morgan fingerprint density at radius 2 is 1.79 bits per heavy atom. The highest BCUT2D eigenvalue weighted by Gasteiger charge is 2.32. The quantitative estimate of drug-likeness (QED) is 0.487. The maximum atomic E-state index is 12.8. The van der Waals surface area contributed by atoms with Gasteiger partial charge in [0, 0.05) is 68.4 Å². The molecule has 2 aliphatic heterocycles. The molecular weight excluding hydrogens is 499 g/mol. The number of aromatic nitrogens is 3. The van der Waals surface area contributed by atoms with E-state index in [2.05, 4.69) is 19.9 Å². The summed E-state index contributed by atoms with van der Waals surface area (Å²) in [6, 6.07) is 7.59. The van der Waals surface area contributed by atoms with Crippen molar-refractivity contribution in [1.29, 1.82) is 0 Å². The molecule has 0 bridgehead atoms. The number of primary amides is 1. The van der Waals surface area contributed by atoms with E-state index in [1.807, 2.05) is 34.2 Å². The Morgan fingerprint density at radius 1 is 1.05 bits per heavy atom. The minimum Gasteiger partial charge on any atom is -0.366 e. The van der Waals surface area contributed by atoms with Crippen LogP contribution in [0, 0.1) is 5.92 Å². The number of fused-ring (bicyclic) bond motifs is 1. The summed E-state index contributed by atoms with van der Waals surface area (Å²) in [6.45, 7) is 3.60. The van der Waals surface area contributed by atoms with E-state index in [0.717, 1.165) is 49.1 Å². The summed E-state index contributed by atoms with van der Waals surface area (Å²) in [5.74, 6) is 0.216. The average Bonchev–Trinajstić information content (AvgIpc) is 3.54. The zero-order valence-corrected chi connectivity index (χ0v) is 20.8. The number of carbonyl (C=O) groups is 2. The molecule has 2 fully saturated rings. The van der Waals surface area contributed by atoms with Gasteiger partial charge in [0.05, 0.1) is 12.1 Å². The van der Waals surface area contributed by atoms with Gasteiger partial charge in [0.15, 0.2) is 0 Å². The molecule has 5 rings (SSSR count). The van der Waals surface area contributed by atoms with Crippen LogP contribution < -0.4 is 16.0 Å². The molecule has 0 aliphatic carbocycles. The molecule has 3 aromatic rings. The van der Waals surface area contributed by atoms with Gasteiger partial charge < -0.3 is 25.4 Å². The summed E-state index contributed by atoms with van der Waals surface area (Å²) < 4.78 is 40.3. The zero-order chi connectivity index (χ0) is 26.9. The fourth-order valence-corrected chi connectivity index (χ4v) is 5.24. The number of halogens is 3. The zero-order valence-electron chi connectivity index (χ0n) is 20.8. The normalized spacial score (nSPS) is 18.9. The van der Waals surface area contributed by atoms with Crippen molar-refractivity contribution in [2.75, 3.05) is 37.6 Å². The lowest BCUT2D eigenvalue weighted by atomic mass is 10.1. The molecule has 0 saturated carbocycles. The Balaban J connectivity index is 1.07. The number of hydrogen-bond donors (Lipinski definition) is 2. The number of benzene rings is 1. The van der Waals surface area contributed by atoms with Crippen LogP contribution in [0.5, 0.6) is 0 Å². The number of carbonyl (C=O) groups excluding carboxylic acids is 2. The first-order valence-corrected chi connectivity index (χ1v) is 12.7. The lowest BCUT2D eigenvalue weighted by Gasteiger charge is -2.32. The maximum absolute atomic E-state index is 12.8. The highest BCUT2D eigenvalue weighted by molar-refractivity contribution is 5.97. The Morgan fingerprint density at radius 3 is 2.47 bits per heavy atom. The van der Waals surface area contributed by atoms with E-state index in [-0.39, 0.29) is 24.4 Å². The van der Waals surface area contributed by atoms with Crippen molar-refractivity contribution in [2.45, 2.75) is 38.0 Å². The number of likely N-dealkylation sites (tertiary alicyclic amines) is 1. The molecule has 0 spiro atoms. The molecule has 9 nitrogen and oxygen atoms in total. The second-order valence-electron chi connectivity index (χ2n) is 10.0. The highest BCUT2D eigenvalue weighted by Crippen LogP contribution is 2.29. The molecule has 4 heterocycles. The van der Waals surface area contributed by atoms with Gasteiger partial charge in [-0.05, 0) is 48.8 Å². The summed E-state index contributed by atoms with van der Waals surface area (Å²) in [7, 11) is 0. The third kappa shape index (κ3) is 5.74. The van der Waals surface area contributed by atoms with E-state index in [4.69, 9.17) is 5.73 Å². The topological polar surface area (TPSA) is 109 Å². The van der Waals surface area contributed by atoms with Crippen LogP contribution >= 0.6 is 0 Å². The van der Waals surface area contributed by atoms with Crippen molar-refractivity contribution in [2.24, 2.45) is 11.7 Å². The summed E-state index contributed by atoms with van der Waals surface area (Å²) in [5.41, 5.74) is 6.01. The maximum Gasteiger partial charge on any atom is 0.419 e. The van der Waals surface area contributed by atoms with Crippen LogP contribution in [0.2, 0.25) is 0 Å². The van der Waals surface area contributed by atoms with Crippen molar-refractivity contribution >= 4 is 28.7 Å². The second kappa shape index (κ2) is 10.6. The van der Waals surface area contributed by atoms with Crippen molar-refractivity contribution in [3.05, 3.63) is 54.0 Å². The van der Waals surface area contributed by atoms with E-state index < -0.39 is 17.6 Å². The largest absolute Gasteiger partial charge is 0.419 e. The summed E-state index contributed by atoms with van der Waals surface area (Å²) in [5, 5.41) is 4.39. The minimum absolute atomic E-state index is 0.0642. The van der Waals surface area contributed by atoms with E-state index in [1.165, 1.54) is 0 Å². The van der Waals surface area contributed by atoms with Gasteiger partial charge in [0.2, 0.25) is 17.8 Å². The van der Waals surface area contributed by atoms with Crippen molar-refractivity contribution in [3.63, 3.8) is 0 Å². The summed E-state index contributed by atoms with van der Waals surface area (Å²) in [4.78, 5) is 35.9. The molecule has 38 heavy (non-hydrogen) atoms. The van der Waals surface area contributed by atoms with E-state index >= 15 is 0 Å². The molecule has 2 saturated heterocycles. The third-order valence-electron chi connectivity index (χ3n) is 7.44. The third-order valence-corrected chi connectivity index (χ3v) is 7.44. The van der Waals surface area contributed by atoms with Gasteiger partial charge in [-0.15, -0.1) is 0 Å². The number of piperidine rings is 1. The van der Waals surface area contributed by atoms with Gasteiger partial charge in [-0.2, -0.15) is 13.2 Å². The fourth-order valence-electron chi connectivity index (χ4n) is 5.24. The number of amides is 2. The van der Waals surface area contributed by atoms with Crippen LogP contribution in [0.25, 0.3) is 10.9 Å². The van der Waals surface area contributed by atoms with Crippen LogP contribution in [-0.2, 0) is 17.5 Å². The van der Waals surface area contributed by atoms with Crippen LogP contribution in [0.3, 0.4) is 0 Å². The van der Waals surface area contributed by atoms with Crippen molar-refractivity contribution in [1.82, 2.24) is 24.8 Å².